The molecule has 0 atom stereocenters. The predicted octanol–water partition coefficient (Wildman–Crippen LogP) is 2.64. The van der Waals surface area contributed by atoms with Gasteiger partial charge < -0.3 is 10.5 Å². The molecule has 0 bridgehead atoms. The molecule has 0 unspecified atom stereocenters. The van der Waals surface area contributed by atoms with Crippen molar-refractivity contribution >= 4 is 22.9 Å². The zero-order valence-corrected chi connectivity index (χ0v) is 10.9. The molecule has 3 rings (SSSR count). The zero-order chi connectivity index (χ0) is 13.4. The second kappa shape index (κ2) is 4.44. The molecule has 6 heteroatoms. The smallest absolute Gasteiger partial charge is 0.182 e. The molecular weight excluding hydrogens is 264 g/mol. The van der Waals surface area contributed by atoms with E-state index in [-0.39, 0.29) is 0 Å². The van der Waals surface area contributed by atoms with Gasteiger partial charge in [0.05, 0.1) is 17.8 Å². The molecule has 1 aromatic carbocycles. The van der Waals surface area contributed by atoms with Gasteiger partial charge in [-0.1, -0.05) is 23.7 Å². The van der Waals surface area contributed by atoms with Crippen molar-refractivity contribution in [2.24, 2.45) is 0 Å². The van der Waals surface area contributed by atoms with Crippen LogP contribution in [0.15, 0.2) is 36.5 Å². The lowest BCUT2D eigenvalue weighted by atomic mass is 10.2. The first-order valence-corrected chi connectivity index (χ1v) is 6.01. The average molecular weight is 275 g/mol. The number of aromatic nitrogens is 3. The number of anilines is 1. The van der Waals surface area contributed by atoms with Crippen molar-refractivity contribution < 1.29 is 4.74 Å². The highest BCUT2D eigenvalue weighted by atomic mass is 35.5. The number of pyridine rings is 1. The molecule has 3 aromatic rings. The maximum atomic E-state index is 5.94. The lowest BCUT2D eigenvalue weighted by Crippen LogP contribution is -1.93. The molecule has 0 radical (unpaired) electrons. The summed E-state index contributed by atoms with van der Waals surface area (Å²) in [4.78, 5) is 4.41. The lowest BCUT2D eigenvalue weighted by Gasteiger charge is -2.00. The van der Waals surface area contributed by atoms with Crippen molar-refractivity contribution in [1.29, 1.82) is 0 Å². The lowest BCUT2D eigenvalue weighted by molar-refractivity contribution is 0.415. The SMILES string of the molecule is COc1cccc(-c2nc3c(N)cc(Cl)cn3n2)c1. The molecule has 2 heterocycles. The molecule has 0 aliphatic carbocycles. The summed E-state index contributed by atoms with van der Waals surface area (Å²) in [6, 6.07) is 9.18. The number of hydrogen-bond acceptors (Lipinski definition) is 4. The Hall–Kier alpha value is -2.27. The second-order valence-electron chi connectivity index (χ2n) is 4.05. The van der Waals surface area contributed by atoms with Crippen LogP contribution in [0.5, 0.6) is 5.75 Å². The summed E-state index contributed by atoms with van der Waals surface area (Å²) in [6.45, 7) is 0. The highest BCUT2D eigenvalue weighted by Gasteiger charge is 2.10. The number of methoxy groups -OCH3 is 1. The molecule has 2 N–H and O–H groups in total. The minimum Gasteiger partial charge on any atom is -0.497 e. The van der Waals surface area contributed by atoms with E-state index in [1.165, 1.54) is 0 Å². The summed E-state index contributed by atoms with van der Waals surface area (Å²) >= 11 is 5.94. The summed E-state index contributed by atoms with van der Waals surface area (Å²) < 4.78 is 6.76. The molecule has 19 heavy (non-hydrogen) atoms. The number of rotatable bonds is 2. The fraction of sp³-hybridized carbons (Fsp3) is 0.0769. The van der Waals surface area contributed by atoms with Crippen LogP contribution in [0.25, 0.3) is 17.0 Å². The number of hydrogen-bond donors (Lipinski definition) is 1. The fourth-order valence-electron chi connectivity index (χ4n) is 1.86. The van der Waals surface area contributed by atoms with Crippen LogP contribution in [0.4, 0.5) is 5.69 Å². The van der Waals surface area contributed by atoms with Crippen molar-refractivity contribution in [2.45, 2.75) is 0 Å². The normalized spacial score (nSPS) is 10.8. The van der Waals surface area contributed by atoms with E-state index in [1.807, 2.05) is 24.3 Å². The summed E-state index contributed by atoms with van der Waals surface area (Å²) in [5, 5.41) is 4.89. The Morgan fingerprint density at radius 2 is 2.16 bits per heavy atom. The van der Waals surface area contributed by atoms with Crippen LogP contribution in [0.2, 0.25) is 5.02 Å². The van der Waals surface area contributed by atoms with Crippen molar-refractivity contribution in [3.63, 3.8) is 0 Å². The molecule has 0 aliphatic heterocycles. The standard InChI is InChI=1S/C13H11ClN4O/c1-19-10-4-2-3-8(5-10)12-16-13-11(15)6-9(14)7-18(13)17-12/h2-7H,15H2,1H3. The zero-order valence-electron chi connectivity index (χ0n) is 10.2. The maximum Gasteiger partial charge on any atom is 0.182 e. The van der Waals surface area contributed by atoms with Gasteiger partial charge in [-0.3, -0.25) is 0 Å². The molecule has 0 spiro atoms. The van der Waals surface area contributed by atoms with Crippen LogP contribution in [0.1, 0.15) is 0 Å². The summed E-state index contributed by atoms with van der Waals surface area (Å²) in [7, 11) is 1.62. The van der Waals surface area contributed by atoms with Gasteiger partial charge in [0.15, 0.2) is 11.5 Å². The number of benzene rings is 1. The number of nitrogens with two attached hydrogens (primary N) is 1. The highest BCUT2D eigenvalue weighted by Crippen LogP contribution is 2.24. The van der Waals surface area contributed by atoms with Crippen LogP contribution in [-0.2, 0) is 0 Å². The van der Waals surface area contributed by atoms with E-state index in [0.717, 1.165) is 11.3 Å². The summed E-state index contributed by atoms with van der Waals surface area (Å²) in [6.07, 6.45) is 1.67. The van der Waals surface area contributed by atoms with E-state index >= 15 is 0 Å². The number of fused-ring (bicyclic) bond motifs is 1. The van der Waals surface area contributed by atoms with Gasteiger partial charge in [0.2, 0.25) is 0 Å². The monoisotopic (exact) mass is 274 g/mol. The minimum atomic E-state index is 0.495. The van der Waals surface area contributed by atoms with Gasteiger partial charge in [0.1, 0.15) is 5.75 Å². The Balaban J connectivity index is 2.17. The molecule has 96 valence electrons. The van der Waals surface area contributed by atoms with E-state index < -0.39 is 0 Å². The molecular formula is C13H11ClN4O. The number of ether oxygens (including phenoxy) is 1. The van der Waals surface area contributed by atoms with E-state index in [2.05, 4.69) is 10.1 Å². The van der Waals surface area contributed by atoms with Gasteiger partial charge in [-0.05, 0) is 18.2 Å². The van der Waals surface area contributed by atoms with Gasteiger partial charge in [0.25, 0.3) is 0 Å². The van der Waals surface area contributed by atoms with Gasteiger partial charge in [0, 0.05) is 11.8 Å². The van der Waals surface area contributed by atoms with E-state index in [0.29, 0.717) is 22.2 Å². The summed E-state index contributed by atoms with van der Waals surface area (Å²) in [5.41, 5.74) is 7.81. The Morgan fingerprint density at radius 3 is 2.95 bits per heavy atom. The van der Waals surface area contributed by atoms with Crippen LogP contribution >= 0.6 is 11.6 Å². The van der Waals surface area contributed by atoms with Crippen LogP contribution in [0, 0.1) is 0 Å². The van der Waals surface area contributed by atoms with Gasteiger partial charge >= 0.3 is 0 Å². The summed E-state index contributed by atoms with van der Waals surface area (Å²) in [5.74, 6) is 1.33. The molecule has 0 fully saturated rings. The molecule has 2 aromatic heterocycles. The first-order chi connectivity index (χ1) is 9.17. The highest BCUT2D eigenvalue weighted by molar-refractivity contribution is 6.30. The van der Waals surface area contributed by atoms with Gasteiger partial charge in [-0.2, -0.15) is 0 Å². The third kappa shape index (κ3) is 2.08. The molecule has 5 nitrogen and oxygen atoms in total. The minimum absolute atomic E-state index is 0.495. The van der Waals surface area contributed by atoms with Gasteiger partial charge in [-0.25, -0.2) is 9.50 Å². The first-order valence-electron chi connectivity index (χ1n) is 5.63. The quantitative estimate of drug-likeness (QED) is 0.780. The number of nitrogen functional groups attached to an aromatic ring is 1. The van der Waals surface area contributed by atoms with E-state index in [9.17, 15) is 0 Å². The van der Waals surface area contributed by atoms with Crippen LogP contribution < -0.4 is 10.5 Å². The first kappa shape index (κ1) is 11.8. The largest absolute Gasteiger partial charge is 0.497 e. The predicted molar refractivity (Wildman–Crippen MR) is 74.4 cm³/mol. The third-order valence-electron chi connectivity index (χ3n) is 2.76. The molecule has 0 aliphatic rings. The molecule has 0 saturated heterocycles. The van der Waals surface area contributed by atoms with E-state index in [4.69, 9.17) is 22.1 Å². The van der Waals surface area contributed by atoms with Crippen molar-refractivity contribution in [3.8, 4) is 17.1 Å². The number of halogens is 1. The topological polar surface area (TPSA) is 65.4 Å². The Kier molecular flexibility index (Phi) is 2.76. The van der Waals surface area contributed by atoms with Crippen molar-refractivity contribution in [3.05, 3.63) is 41.6 Å². The Bertz CT molecular complexity index is 753. The molecule has 0 amide bonds. The van der Waals surface area contributed by atoms with Crippen LogP contribution in [0.3, 0.4) is 0 Å². The maximum absolute atomic E-state index is 5.94. The van der Waals surface area contributed by atoms with Gasteiger partial charge in [-0.15, -0.1) is 5.10 Å². The van der Waals surface area contributed by atoms with Crippen LogP contribution in [-0.4, -0.2) is 21.7 Å². The molecule has 0 saturated carbocycles. The Morgan fingerprint density at radius 1 is 1.32 bits per heavy atom. The van der Waals surface area contributed by atoms with Crippen molar-refractivity contribution in [2.75, 3.05) is 12.8 Å². The van der Waals surface area contributed by atoms with E-state index in [1.54, 1.807) is 23.9 Å². The Labute approximate surface area is 114 Å². The van der Waals surface area contributed by atoms with Crippen molar-refractivity contribution in [1.82, 2.24) is 14.6 Å². The fourth-order valence-corrected chi connectivity index (χ4v) is 2.07. The average Bonchev–Trinajstić information content (AvgIpc) is 2.83. The number of nitrogens with zero attached hydrogens (tertiary/aromatic N) is 3. The third-order valence-corrected chi connectivity index (χ3v) is 2.96. The second-order valence-corrected chi connectivity index (χ2v) is 4.49.